The summed E-state index contributed by atoms with van der Waals surface area (Å²) in [6, 6.07) is 4.37. The van der Waals surface area contributed by atoms with Crippen LogP contribution in [-0.2, 0) is 16.0 Å². The highest BCUT2D eigenvalue weighted by Crippen LogP contribution is 2.22. The number of ether oxygens (including phenoxy) is 1. The van der Waals surface area contributed by atoms with Crippen molar-refractivity contribution in [1.29, 1.82) is 0 Å². The molecular weight excluding hydrogens is 311 g/mol. The molecule has 0 radical (unpaired) electrons. The van der Waals surface area contributed by atoms with E-state index in [1.807, 2.05) is 0 Å². The van der Waals surface area contributed by atoms with Crippen molar-refractivity contribution in [2.24, 2.45) is 0 Å². The van der Waals surface area contributed by atoms with E-state index in [2.05, 4.69) is 26.8 Å². The van der Waals surface area contributed by atoms with E-state index in [4.69, 9.17) is 4.74 Å². The number of halogens is 1. The lowest BCUT2D eigenvalue weighted by molar-refractivity contribution is -0.142. The molecule has 1 saturated heterocycles. The summed E-state index contributed by atoms with van der Waals surface area (Å²) in [5.74, 6) is -0.156. The molecule has 2 heterocycles. The average Bonchev–Trinajstić information content (AvgIpc) is 2.56. The molecule has 0 amide bonds. The van der Waals surface area contributed by atoms with Crippen LogP contribution in [0.1, 0.15) is 12.6 Å². The summed E-state index contributed by atoms with van der Waals surface area (Å²) in [5.41, 5.74) is 1.14. The van der Waals surface area contributed by atoms with Crippen molar-refractivity contribution in [2.75, 3.05) is 44.7 Å². The van der Waals surface area contributed by atoms with Gasteiger partial charge in [-0.05, 0) is 32.2 Å². The summed E-state index contributed by atoms with van der Waals surface area (Å²) in [6.07, 6.45) is 0.0110. The average molecular weight is 332 g/mol. The first-order valence-corrected chi connectivity index (χ1v) is 8.12. The molecule has 0 unspecified atom stereocenters. The number of hydrogen-bond acceptors (Lipinski definition) is 6. The summed E-state index contributed by atoms with van der Waals surface area (Å²) >= 11 is 0. The first-order valence-electron chi connectivity index (χ1n) is 8.12. The van der Waals surface area contributed by atoms with Crippen LogP contribution in [0.25, 0.3) is 10.9 Å². The highest BCUT2D eigenvalue weighted by Gasteiger charge is 2.20. The fraction of sp³-hybridized carbons (Fsp3) is 0.471. The van der Waals surface area contributed by atoms with Gasteiger partial charge >= 0.3 is 5.97 Å². The first-order chi connectivity index (χ1) is 11.6. The van der Waals surface area contributed by atoms with Crippen molar-refractivity contribution in [3.05, 3.63) is 29.7 Å². The van der Waals surface area contributed by atoms with Gasteiger partial charge in [0.15, 0.2) is 0 Å². The second kappa shape index (κ2) is 7.09. The lowest BCUT2D eigenvalue weighted by atomic mass is 10.1. The monoisotopic (exact) mass is 332 g/mol. The molecule has 128 valence electrons. The first kappa shape index (κ1) is 16.6. The van der Waals surface area contributed by atoms with Crippen LogP contribution in [0.4, 0.5) is 10.3 Å². The van der Waals surface area contributed by atoms with Crippen LogP contribution in [-0.4, -0.2) is 60.7 Å². The number of carbonyl (C=O) groups excluding carboxylic acids is 1. The third kappa shape index (κ3) is 3.62. The van der Waals surface area contributed by atoms with Crippen molar-refractivity contribution in [1.82, 2.24) is 14.9 Å². The molecule has 1 fully saturated rings. The maximum absolute atomic E-state index is 13.6. The molecule has 0 atom stereocenters. The number of aromatic nitrogens is 2. The molecule has 3 rings (SSSR count). The van der Waals surface area contributed by atoms with Gasteiger partial charge in [0.05, 0.1) is 24.2 Å². The summed E-state index contributed by atoms with van der Waals surface area (Å²) in [5, 5.41) is 0.556. The van der Waals surface area contributed by atoms with Crippen LogP contribution in [0.2, 0.25) is 0 Å². The molecule has 7 heteroatoms. The van der Waals surface area contributed by atoms with E-state index in [0.29, 0.717) is 29.2 Å². The molecule has 1 aliphatic rings. The number of anilines is 1. The van der Waals surface area contributed by atoms with Gasteiger partial charge < -0.3 is 14.5 Å². The Morgan fingerprint density at radius 1 is 1.25 bits per heavy atom. The summed E-state index contributed by atoms with van der Waals surface area (Å²) < 4.78 is 18.6. The van der Waals surface area contributed by atoms with Gasteiger partial charge in [-0.15, -0.1) is 0 Å². The highest BCUT2D eigenvalue weighted by atomic mass is 19.1. The molecule has 24 heavy (non-hydrogen) atoms. The number of likely N-dealkylation sites (N-methyl/N-ethyl adjacent to an activating group) is 1. The van der Waals surface area contributed by atoms with Crippen LogP contribution in [0.15, 0.2) is 18.2 Å². The molecule has 1 aliphatic heterocycles. The summed E-state index contributed by atoms with van der Waals surface area (Å²) in [7, 11) is 2.08. The van der Waals surface area contributed by atoms with Crippen LogP contribution in [0.3, 0.4) is 0 Å². The number of carbonyl (C=O) groups is 1. The van der Waals surface area contributed by atoms with Crippen molar-refractivity contribution in [3.63, 3.8) is 0 Å². The molecule has 6 nitrogen and oxygen atoms in total. The van der Waals surface area contributed by atoms with Gasteiger partial charge in [0.1, 0.15) is 5.82 Å². The number of benzene rings is 1. The molecule has 0 bridgehead atoms. The van der Waals surface area contributed by atoms with Crippen LogP contribution in [0.5, 0.6) is 0 Å². The predicted octanol–water partition coefficient (Wildman–Crippen LogP) is 1.63. The van der Waals surface area contributed by atoms with Crippen molar-refractivity contribution in [3.8, 4) is 0 Å². The van der Waals surface area contributed by atoms with E-state index in [0.717, 1.165) is 26.2 Å². The molecule has 2 aromatic rings. The number of fused-ring (bicyclic) bond motifs is 1. The van der Waals surface area contributed by atoms with Crippen molar-refractivity contribution < 1.29 is 13.9 Å². The van der Waals surface area contributed by atoms with Gasteiger partial charge in [0.25, 0.3) is 0 Å². The number of piperazine rings is 1. The molecule has 1 aromatic heterocycles. The van der Waals surface area contributed by atoms with Crippen LogP contribution in [0, 0.1) is 5.82 Å². The van der Waals surface area contributed by atoms with Gasteiger partial charge in [-0.3, -0.25) is 4.79 Å². The van der Waals surface area contributed by atoms with Crippen molar-refractivity contribution in [2.45, 2.75) is 13.3 Å². The minimum Gasteiger partial charge on any atom is -0.466 e. The van der Waals surface area contributed by atoms with Gasteiger partial charge in [0, 0.05) is 31.6 Å². The SMILES string of the molecule is CCOC(=O)Cc1nc(N2CCN(C)CC2)nc2ccc(F)cc12. The molecular formula is C17H21FN4O2. The maximum atomic E-state index is 13.6. The Bertz CT molecular complexity index is 745. The van der Waals surface area contributed by atoms with E-state index >= 15 is 0 Å². The number of esters is 1. The van der Waals surface area contributed by atoms with E-state index in [9.17, 15) is 9.18 Å². The standard InChI is InChI=1S/C17H21FN4O2/c1-3-24-16(23)11-15-13-10-12(18)4-5-14(13)19-17(20-15)22-8-6-21(2)7-9-22/h4-5,10H,3,6-9,11H2,1-2H3. The van der Waals surface area contributed by atoms with E-state index < -0.39 is 0 Å². The topological polar surface area (TPSA) is 58.6 Å². The third-order valence-corrected chi connectivity index (χ3v) is 4.13. The molecule has 1 aromatic carbocycles. The predicted molar refractivity (Wildman–Crippen MR) is 89.5 cm³/mol. The summed E-state index contributed by atoms with van der Waals surface area (Å²) in [4.78, 5) is 25.3. The van der Waals surface area contributed by atoms with Crippen LogP contribution >= 0.6 is 0 Å². The lowest BCUT2D eigenvalue weighted by Gasteiger charge is -2.32. The Labute approximate surface area is 140 Å². The van der Waals surface area contributed by atoms with E-state index in [-0.39, 0.29) is 18.2 Å². The zero-order valence-corrected chi connectivity index (χ0v) is 14.0. The quantitative estimate of drug-likeness (QED) is 0.793. The third-order valence-electron chi connectivity index (χ3n) is 4.13. The number of rotatable bonds is 4. The zero-order chi connectivity index (χ0) is 17.1. The minimum atomic E-state index is -0.372. The molecule has 0 aliphatic carbocycles. The van der Waals surface area contributed by atoms with E-state index in [1.165, 1.54) is 12.1 Å². The Morgan fingerprint density at radius 3 is 2.71 bits per heavy atom. The zero-order valence-electron chi connectivity index (χ0n) is 14.0. The fourth-order valence-corrected chi connectivity index (χ4v) is 2.78. The maximum Gasteiger partial charge on any atom is 0.311 e. The highest BCUT2D eigenvalue weighted by molar-refractivity contribution is 5.86. The Kier molecular flexibility index (Phi) is 4.89. The Morgan fingerprint density at radius 2 is 2.00 bits per heavy atom. The minimum absolute atomic E-state index is 0.0110. The van der Waals surface area contributed by atoms with Gasteiger partial charge in [-0.1, -0.05) is 0 Å². The van der Waals surface area contributed by atoms with Gasteiger partial charge in [0.2, 0.25) is 5.95 Å². The Hall–Kier alpha value is -2.28. The summed E-state index contributed by atoms with van der Waals surface area (Å²) in [6.45, 7) is 5.56. The second-order valence-electron chi connectivity index (χ2n) is 5.90. The molecule has 0 saturated carbocycles. The van der Waals surface area contributed by atoms with E-state index in [1.54, 1.807) is 13.0 Å². The lowest BCUT2D eigenvalue weighted by Crippen LogP contribution is -2.45. The number of nitrogens with zero attached hydrogens (tertiary/aromatic N) is 4. The largest absolute Gasteiger partial charge is 0.466 e. The van der Waals surface area contributed by atoms with Crippen LogP contribution < -0.4 is 4.90 Å². The molecule has 0 spiro atoms. The van der Waals surface area contributed by atoms with Gasteiger partial charge in [-0.25, -0.2) is 14.4 Å². The normalized spacial score (nSPS) is 15.7. The molecule has 0 N–H and O–H groups in total. The second-order valence-corrected chi connectivity index (χ2v) is 5.90. The Balaban J connectivity index is 1.98. The fourth-order valence-electron chi connectivity index (χ4n) is 2.78. The van der Waals surface area contributed by atoms with Crippen molar-refractivity contribution >= 4 is 22.8 Å². The smallest absolute Gasteiger partial charge is 0.311 e. The van der Waals surface area contributed by atoms with Gasteiger partial charge in [-0.2, -0.15) is 0 Å². The number of hydrogen-bond donors (Lipinski definition) is 0.